The number of phenolic OH excluding ortho intramolecular Hbond substituents is 2. The van der Waals surface area contributed by atoms with Crippen LogP contribution >= 0.6 is 0 Å². The summed E-state index contributed by atoms with van der Waals surface area (Å²) in [5.74, 6) is 0.00322. The van der Waals surface area contributed by atoms with Crippen molar-refractivity contribution in [2.45, 2.75) is 12.0 Å². The third kappa shape index (κ3) is 3.03. The average Bonchev–Trinajstić information content (AvgIpc) is 3.11. The van der Waals surface area contributed by atoms with Gasteiger partial charge in [0.05, 0.1) is 16.1 Å². The van der Waals surface area contributed by atoms with Gasteiger partial charge in [0.2, 0.25) is 0 Å². The Hall–Kier alpha value is -4.85. The Balaban J connectivity index is 1.61. The van der Waals surface area contributed by atoms with Crippen LogP contribution in [0.4, 0.5) is 5.69 Å². The van der Waals surface area contributed by atoms with Gasteiger partial charge in [0, 0.05) is 35.4 Å². The lowest BCUT2D eigenvalue weighted by Gasteiger charge is -2.38. The molecule has 0 fully saturated rings. The number of esters is 1. The van der Waals surface area contributed by atoms with Gasteiger partial charge in [0.25, 0.3) is 5.69 Å². The molecule has 0 amide bonds. The van der Waals surface area contributed by atoms with Gasteiger partial charge in [-0.3, -0.25) is 10.1 Å². The largest absolute Gasteiger partial charge is 0.508 e. The van der Waals surface area contributed by atoms with Crippen LogP contribution in [0.2, 0.25) is 0 Å². The van der Waals surface area contributed by atoms with Crippen LogP contribution in [0.15, 0.2) is 78.9 Å². The summed E-state index contributed by atoms with van der Waals surface area (Å²) >= 11 is 0. The Morgan fingerprint density at radius 1 is 0.857 bits per heavy atom. The van der Waals surface area contributed by atoms with Crippen molar-refractivity contribution in [3.8, 4) is 23.0 Å². The van der Waals surface area contributed by atoms with E-state index < -0.39 is 16.5 Å². The summed E-state index contributed by atoms with van der Waals surface area (Å²) in [6.07, 6.45) is 0.285. The van der Waals surface area contributed by atoms with Crippen LogP contribution in [-0.4, -0.2) is 21.1 Å². The summed E-state index contributed by atoms with van der Waals surface area (Å²) in [5, 5.41) is 31.7. The first-order valence-corrected chi connectivity index (χ1v) is 10.8. The highest BCUT2D eigenvalue weighted by molar-refractivity contribution is 5.97. The van der Waals surface area contributed by atoms with E-state index in [-0.39, 0.29) is 29.4 Å². The maximum atomic E-state index is 13.0. The summed E-state index contributed by atoms with van der Waals surface area (Å²) in [5.41, 5.74) is 2.10. The Morgan fingerprint density at radius 3 is 2.37 bits per heavy atom. The Bertz CT molecular complexity index is 1540. The zero-order valence-electron chi connectivity index (χ0n) is 18.1. The van der Waals surface area contributed by atoms with Crippen molar-refractivity contribution in [1.82, 2.24) is 0 Å². The minimum Gasteiger partial charge on any atom is -0.508 e. The number of aromatic hydroxyl groups is 2. The molecule has 0 bridgehead atoms. The molecule has 2 aliphatic heterocycles. The Labute approximate surface area is 198 Å². The molecule has 2 N–H and O–H groups in total. The molecular formula is C27H17NO7. The number of benzene rings is 4. The average molecular weight is 467 g/mol. The summed E-state index contributed by atoms with van der Waals surface area (Å²) in [6, 6.07) is 20.8. The zero-order valence-corrected chi connectivity index (χ0v) is 18.1. The third-order valence-electron chi connectivity index (χ3n) is 6.40. The molecule has 8 nitrogen and oxygen atoms in total. The second kappa shape index (κ2) is 7.33. The van der Waals surface area contributed by atoms with E-state index >= 15 is 0 Å². The smallest absolute Gasteiger partial charge is 0.340 e. The fourth-order valence-corrected chi connectivity index (χ4v) is 4.97. The molecule has 172 valence electrons. The Morgan fingerprint density at radius 2 is 1.60 bits per heavy atom. The number of phenols is 2. The number of non-ortho nitro benzene ring substituents is 1. The first-order valence-electron chi connectivity index (χ1n) is 10.8. The molecule has 4 aromatic carbocycles. The molecule has 1 unspecified atom stereocenters. The highest BCUT2D eigenvalue weighted by atomic mass is 16.6. The molecule has 8 heteroatoms. The molecule has 0 aliphatic carbocycles. The van der Waals surface area contributed by atoms with Gasteiger partial charge in [-0.15, -0.1) is 0 Å². The molecule has 0 saturated heterocycles. The number of rotatable bonds is 3. The summed E-state index contributed by atoms with van der Waals surface area (Å²) < 4.78 is 12.3. The molecule has 2 heterocycles. The van der Waals surface area contributed by atoms with Gasteiger partial charge in [-0.1, -0.05) is 30.3 Å². The number of carbonyl (C=O) groups excluding carboxylic acids is 1. The van der Waals surface area contributed by atoms with Crippen LogP contribution in [0, 0.1) is 10.1 Å². The number of fused-ring (bicyclic) bond motifs is 6. The van der Waals surface area contributed by atoms with Crippen LogP contribution in [-0.2, 0) is 16.8 Å². The van der Waals surface area contributed by atoms with E-state index in [4.69, 9.17) is 9.47 Å². The molecule has 1 spiro atoms. The molecular weight excluding hydrogens is 450 g/mol. The number of nitrogens with zero attached hydrogens (tertiary/aromatic N) is 1. The fraction of sp³-hybridized carbons (Fsp3) is 0.0741. The van der Waals surface area contributed by atoms with E-state index in [1.165, 1.54) is 30.3 Å². The quantitative estimate of drug-likeness (QED) is 0.242. The first-order chi connectivity index (χ1) is 16.9. The second-order valence-electron chi connectivity index (χ2n) is 8.48. The van der Waals surface area contributed by atoms with Crippen molar-refractivity contribution in [1.29, 1.82) is 0 Å². The highest BCUT2D eigenvalue weighted by Gasteiger charge is 2.54. The van der Waals surface area contributed by atoms with Crippen LogP contribution < -0.4 is 4.74 Å². The molecule has 1 atom stereocenters. The van der Waals surface area contributed by atoms with Gasteiger partial charge in [0.1, 0.15) is 23.0 Å². The second-order valence-corrected chi connectivity index (χ2v) is 8.48. The van der Waals surface area contributed by atoms with Gasteiger partial charge in [-0.05, 0) is 41.8 Å². The minimum atomic E-state index is -1.37. The summed E-state index contributed by atoms with van der Waals surface area (Å²) in [7, 11) is 0. The van der Waals surface area contributed by atoms with E-state index in [2.05, 4.69) is 0 Å². The normalized spacial score (nSPS) is 17.2. The van der Waals surface area contributed by atoms with Gasteiger partial charge in [-0.25, -0.2) is 4.79 Å². The van der Waals surface area contributed by atoms with E-state index in [0.717, 1.165) is 5.56 Å². The monoisotopic (exact) mass is 467 g/mol. The zero-order chi connectivity index (χ0) is 24.3. The van der Waals surface area contributed by atoms with Gasteiger partial charge >= 0.3 is 5.97 Å². The van der Waals surface area contributed by atoms with Crippen molar-refractivity contribution in [3.63, 3.8) is 0 Å². The molecule has 2 aliphatic rings. The van der Waals surface area contributed by atoms with Crippen LogP contribution in [0.3, 0.4) is 0 Å². The molecule has 0 aromatic heterocycles. The maximum Gasteiger partial charge on any atom is 0.340 e. The van der Waals surface area contributed by atoms with Crippen molar-refractivity contribution in [2.24, 2.45) is 0 Å². The number of nitro groups is 1. The number of hydrogen-bond acceptors (Lipinski definition) is 7. The molecule has 0 saturated carbocycles. The molecule has 0 radical (unpaired) electrons. The van der Waals surface area contributed by atoms with Crippen LogP contribution in [0.5, 0.6) is 23.0 Å². The number of hydrogen-bond donors (Lipinski definition) is 2. The predicted molar refractivity (Wildman–Crippen MR) is 124 cm³/mol. The van der Waals surface area contributed by atoms with Crippen molar-refractivity contribution in [2.75, 3.05) is 0 Å². The lowest BCUT2D eigenvalue weighted by atomic mass is 9.75. The lowest BCUT2D eigenvalue weighted by molar-refractivity contribution is -0.384. The van der Waals surface area contributed by atoms with Crippen LogP contribution in [0.25, 0.3) is 0 Å². The molecule has 35 heavy (non-hydrogen) atoms. The first kappa shape index (κ1) is 20.7. The van der Waals surface area contributed by atoms with Crippen LogP contribution in [0.1, 0.15) is 38.2 Å². The standard InChI is InChI=1S/C27H17NO7/c29-18-9-10-22-23(13-18)34-24-14-19(30)12-16(11-15-5-7-17(8-6-15)28(32)33)25(24)27(22)21-4-2-1-3-20(21)26(31)35-27/h1-10,12-14,29-30H,11H2. The van der Waals surface area contributed by atoms with E-state index in [1.807, 2.05) is 12.1 Å². The molecule has 4 aromatic rings. The van der Waals surface area contributed by atoms with E-state index in [0.29, 0.717) is 33.6 Å². The maximum absolute atomic E-state index is 13.0. The lowest BCUT2D eigenvalue weighted by Crippen LogP contribution is -2.34. The van der Waals surface area contributed by atoms with E-state index in [1.54, 1.807) is 36.4 Å². The minimum absolute atomic E-state index is 0.0220. The third-order valence-corrected chi connectivity index (χ3v) is 6.40. The number of nitro benzene ring substituents is 1. The topological polar surface area (TPSA) is 119 Å². The summed E-state index contributed by atoms with van der Waals surface area (Å²) in [6.45, 7) is 0. The van der Waals surface area contributed by atoms with Gasteiger partial charge in [-0.2, -0.15) is 0 Å². The summed E-state index contributed by atoms with van der Waals surface area (Å²) in [4.78, 5) is 23.6. The highest BCUT2D eigenvalue weighted by Crippen LogP contribution is 2.58. The van der Waals surface area contributed by atoms with Crippen molar-refractivity contribution in [3.05, 3.63) is 122 Å². The Kier molecular flexibility index (Phi) is 4.34. The predicted octanol–water partition coefficient (Wildman–Crippen LogP) is 5.16. The fourth-order valence-electron chi connectivity index (χ4n) is 4.97. The molecule has 6 rings (SSSR count). The number of ether oxygens (including phenoxy) is 2. The van der Waals surface area contributed by atoms with Gasteiger partial charge in [0.15, 0.2) is 5.60 Å². The van der Waals surface area contributed by atoms with Crippen molar-refractivity contribution >= 4 is 11.7 Å². The van der Waals surface area contributed by atoms with Gasteiger partial charge < -0.3 is 19.7 Å². The number of carbonyl (C=O) groups is 1. The SMILES string of the molecule is O=C1OC2(c3ccc(O)cc3Oc3cc(O)cc(Cc4ccc([N+](=O)[O-])cc4)c32)c2ccccc21. The van der Waals surface area contributed by atoms with E-state index in [9.17, 15) is 25.1 Å². The van der Waals surface area contributed by atoms with Crippen molar-refractivity contribution < 1.29 is 29.4 Å².